The smallest absolute Gasteiger partial charge is 0.407 e. The number of phenols is 1. The van der Waals surface area contributed by atoms with Gasteiger partial charge in [-0.2, -0.15) is 0 Å². The summed E-state index contributed by atoms with van der Waals surface area (Å²) in [7, 11) is -4.23. The summed E-state index contributed by atoms with van der Waals surface area (Å²) in [6, 6.07) is 13.4. The van der Waals surface area contributed by atoms with Crippen molar-refractivity contribution in [3.63, 3.8) is 0 Å². The Bertz CT molecular complexity index is 1190. The summed E-state index contributed by atoms with van der Waals surface area (Å²) in [4.78, 5) is 18.7. The first-order chi connectivity index (χ1) is 19.2. The van der Waals surface area contributed by atoms with E-state index in [1.165, 1.54) is 24.3 Å². The maximum absolute atomic E-state index is 13.6. The summed E-state index contributed by atoms with van der Waals surface area (Å²) in [5.74, 6) is -0.136. The first-order valence-electron chi connectivity index (χ1n) is 13.6. The Balaban J connectivity index is 1.53. The fourth-order valence-electron chi connectivity index (χ4n) is 4.84. The maximum Gasteiger partial charge on any atom is 0.407 e. The van der Waals surface area contributed by atoms with Crippen molar-refractivity contribution in [2.45, 2.75) is 75.1 Å². The standard InChI is InChI=1S/C28H38N2O9S/c1-3-21(4-2)39-30(40(34,35)22-12-10-20(31)11-13-22)17-25(32)24(16-19-8-6-5-7-9-19)29-28(33)38-26-18-37-27-23(26)14-15-36-27/h5-13,21,23-27,31-32H,3-4,14-18H2,1-2H3,(H,29,33)/t23?,24-,25+,26?,27?/m0/s1. The number of ether oxygens (including phenoxy) is 3. The number of aliphatic hydroxyl groups is 1. The van der Waals surface area contributed by atoms with E-state index >= 15 is 0 Å². The van der Waals surface area contributed by atoms with Crippen LogP contribution in [-0.2, 0) is 35.5 Å². The highest BCUT2D eigenvalue weighted by atomic mass is 32.2. The molecule has 2 aliphatic heterocycles. The molecule has 4 rings (SSSR count). The van der Waals surface area contributed by atoms with Crippen LogP contribution in [0.15, 0.2) is 59.5 Å². The van der Waals surface area contributed by atoms with Crippen LogP contribution in [0.1, 0.15) is 38.7 Å². The molecule has 5 atom stereocenters. The molecule has 11 nitrogen and oxygen atoms in total. The van der Waals surface area contributed by atoms with Crippen molar-refractivity contribution in [1.29, 1.82) is 0 Å². The molecule has 0 bridgehead atoms. The molecular weight excluding hydrogens is 540 g/mol. The number of rotatable bonds is 13. The van der Waals surface area contributed by atoms with Crippen molar-refractivity contribution >= 4 is 16.1 Å². The van der Waals surface area contributed by atoms with E-state index in [-0.39, 0.29) is 35.9 Å². The largest absolute Gasteiger partial charge is 0.508 e. The third kappa shape index (κ3) is 7.50. The summed E-state index contributed by atoms with van der Waals surface area (Å²) in [6.45, 7) is 4.05. The van der Waals surface area contributed by atoms with Gasteiger partial charge in [-0.3, -0.25) is 4.84 Å². The van der Waals surface area contributed by atoms with Crippen LogP contribution in [0.4, 0.5) is 4.79 Å². The third-order valence-electron chi connectivity index (χ3n) is 7.23. The van der Waals surface area contributed by atoms with E-state index in [0.29, 0.717) is 19.4 Å². The summed E-state index contributed by atoms with van der Waals surface area (Å²) < 4.78 is 44.6. The molecule has 0 saturated carbocycles. The van der Waals surface area contributed by atoms with Crippen LogP contribution >= 0.6 is 0 Å². The van der Waals surface area contributed by atoms with Gasteiger partial charge in [-0.1, -0.05) is 48.6 Å². The monoisotopic (exact) mass is 578 g/mol. The van der Waals surface area contributed by atoms with Crippen molar-refractivity contribution in [1.82, 2.24) is 9.79 Å². The van der Waals surface area contributed by atoms with Crippen LogP contribution in [-0.4, -0.2) is 79.6 Å². The highest BCUT2D eigenvalue weighted by Crippen LogP contribution is 2.33. The number of carbonyl (C=O) groups is 1. The molecule has 1 amide bonds. The second kappa shape index (κ2) is 13.7. The number of hydrogen-bond donors (Lipinski definition) is 3. The van der Waals surface area contributed by atoms with Crippen LogP contribution in [0, 0.1) is 5.92 Å². The minimum atomic E-state index is -4.23. The Morgan fingerprint density at radius 3 is 2.48 bits per heavy atom. The van der Waals surface area contributed by atoms with Gasteiger partial charge in [0.15, 0.2) is 6.29 Å². The Morgan fingerprint density at radius 2 is 1.80 bits per heavy atom. The first kappa shape index (κ1) is 30.2. The quantitative estimate of drug-likeness (QED) is 0.306. The molecule has 2 aliphatic rings. The summed E-state index contributed by atoms with van der Waals surface area (Å²) in [5.41, 5.74) is 0.828. The van der Waals surface area contributed by atoms with Gasteiger partial charge in [0.1, 0.15) is 11.9 Å². The normalized spacial score (nSPS) is 22.3. The van der Waals surface area contributed by atoms with Crippen LogP contribution < -0.4 is 5.32 Å². The topological polar surface area (TPSA) is 144 Å². The molecule has 220 valence electrons. The van der Waals surface area contributed by atoms with Gasteiger partial charge in [-0.05, 0) is 55.5 Å². The number of benzene rings is 2. The fourth-order valence-corrected chi connectivity index (χ4v) is 6.14. The average Bonchev–Trinajstić information content (AvgIpc) is 3.56. The minimum absolute atomic E-state index is 0.0531. The Morgan fingerprint density at radius 1 is 1.10 bits per heavy atom. The number of fused-ring (bicyclic) bond motifs is 1. The van der Waals surface area contributed by atoms with Crippen molar-refractivity contribution in [3.8, 4) is 5.75 Å². The number of sulfonamides is 1. The number of hydroxylamine groups is 1. The summed E-state index contributed by atoms with van der Waals surface area (Å²) in [6.07, 6.45) is -1.37. The number of amides is 1. The van der Waals surface area contributed by atoms with Gasteiger partial charge in [-0.25, -0.2) is 13.2 Å². The van der Waals surface area contributed by atoms with Gasteiger partial charge in [0.2, 0.25) is 0 Å². The lowest BCUT2D eigenvalue weighted by molar-refractivity contribution is -0.149. The van der Waals surface area contributed by atoms with Gasteiger partial charge in [0, 0.05) is 0 Å². The van der Waals surface area contributed by atoms with Gasteiger partial charge < -0.3 is 29.7 Å². The van der Waals surface area contributed by atoms with E-state index in [1.54, 1.807) is 0 Å². The maximum atomic E-state index is 13.6. The molecule has 0 aromatic heterocycles. The summed E-state index contributed by atoms with van der Waals surface area (Å²) in [5, 5.41) is 23.7. The molecule has 12 heteroatoms. The van der Waals surface area contributed by atoms with Crippen LogP contribution in [0.3, 0.4) is 0 Å². The Labute approximate surface area is 235 Å². The molecule has 0 spiro atoms. The van der Waals surface area contributed by atoms with Crippen molar-refractivity contribution in [2.24, 2.45) is 5.92 Å². The van der Waals surface area contributed by atoms with Crippen molar-refractivity contribution in [2.75, 3.05) is 19.8 Å². The Hall–Kier alpha value is -2.74. The number of hydrogen-bond acceptors (Lipinski definition) is 9. The summed E-state index contributed by atoms with van der Waals surface area (Å²) >= 11 is 0. The van der Waals surface area contributed by atoms with Crippen LogP contribution in [0.25, 0.3) is 0 Å². The second-order valence-electron chi connectivity index (χ2n) is 10.0. The lowest BCUT2D eigenvalue weighted by atomic mass is 10.0. The number of carbonyl (C=O) groups excluding carboxylic acids is 1. The van der Waals surface area contributed by atoms with Gasteiger partial charge in [0.25, 0.3) is 10.0 Å². The van der Waals surface area contributed by atoms with Gasteiger partial charge in [0.05, 0.1) is 48.8 Å². The number of nitrogens with zero attached hydrogens (tertiary/aromatic N) is 1. The molecule has 2 fully saturated rings. The van der Waals surface area contributed by atoms with Crippen LogP contribution in [0.2, 0.25) is 0 Å². The van der Waals surface area contributed by atoms with E-state index in [4.69, 9.17) is 19.0 Å². The number of nitrogens with one attached hydrogen (secondary N) is 1. The zero-order chi connectivity index (χ0) is 28.7. The molecule has 0 radical (unpaired) electrons. The molecule has 2 aromatic rings. The number of aliphatic hydroxyl groups excluding tert-OH is 1. The fraction of sp³-hybridized carbons (Fsp3) is 0.536. The second-order valence-corrected chi connectivity index (χ2v) is 11.8. The Kier molecular flexibility index (Phi) is 10.4. The molecule has 3 unspecified atom stereocenters. The van der Waals surface area contributed by atoms with Crippen molar-refractivity contribution in [3.05, 3.63) is 60.2 Å². The predicted molar refractivity (Wildman–Crippen MR) is 145 cm³/mol. The molecule has 2 aromatic carbocycles. The average molecular weight is 579 g/mol. The lowest BCUT2D eigenvalue weighted by Crippen LogP contribution is -2.51. The highest BCUT2D eigenvalue weighted by Gasteiger charge is 2.44. The van der Waals surface area contributed by atoms with Crippen molar-refractivity contribution < 1.29 is 42.5 Å². The SMILES string of the molecule is CCC(CC)ON(C[C@@H](O)[C@H](Cc1ccccc1)NC(=O)OC1COC2OCCC12)S(=O)(=O)c1ccc(O)cc1. The molecule has 40 heavy (non-hydrogen) atoms. The van der Waals surface area contributed by atoms with E-state index in [9.17, 15) is 23.4 Å². The van der Waals surface area contributed by atoms with Gasteiger partial charge in [-0.15, -0.1) is 0 Å². The third-order valence-corrected chi connectivity index (χ3v) is 8.87. The molecular formula is C28H38N2O9S. The first-order valence-corrected chi connectivity index (χ1v) is 15.1. The predicted octanol–water partition coefficient (Wildman–Crippen LogP) is 2.96. The number of alkyl carbamates (subject to hydrolysis) is 1. The van der Waals surface area contributed by atoms with E-state index < -0.39 is 47.0 Å². The zero-order valence-corrected chi connectivity index (χ0v) is 23.5. The highest BCUT2D eigenvalue weighted by molar-refractivity contribution is 7.89. The number of aromatic hydroxyl groups is 1. The van der Waals surface area contributed by atoms with E-state index in [2.05, 4.69) is 5.32 Å². The van der Waals surface area contributed by atoms with Crippen LogP contribution in [0.5, 0.6) is 5.75 Å². The zero-order valence-electron chi connectivity index (χ0n) is 22.7. The van der Waals surface area contributed by atoms with E-state index in [0.717, 1.165) is 16.5 Å². The molecule has 2 heterocycles. The number of phenolic OH excluding ortho intramolecular Hbond substituents is 1. The minimum Gasteiger partial charge on any atom is -0.508 e. The van der Waals surface area contributed by atoms with E-state index in [1.807, 2.05) is 44.2 Å². The molecule has 3 N–H and O–H groups in total. The van der Waals surface area contributed by atoms with Gasteiger partial charge >= 0.3 is 6.09 Å². The lowest BCUT2D eigenvalue weighted by Gasteiger charge is -2.31. The molecule has 2 saturated heterocycles. The molecule has 0 aliphatic carbocycles.